The van der Waals surface area contributed by atoms with Crippen LogP contribution in [0.2, 0.25) is 5.02 Å². The topological polar surface area (TPSA) is 50.4 Å². The number of hydrogen-bond donors (Lipinski definition) is 2. The van der Waals surface area contributed by atoms with Crippen molar-refractivity contribution in [2.24, 2.45) is 0 Å². The standard InChI is InChI=1S/C16H24BrClN2O2/c1-5-12(10-20-15(21)22-16(2,3)4)19-9-11-6-7-14(18)13(17)8-11/h6-8,12,19H,5,9-10H2,1-4H3,(H,20,21). The van der Waals surface area contributed by atoms with E-state index in [1.165, 1.54) is 0 Å². The maximum absolute atomic E-state index is 11.7. The van der Waals surface area contributed by atoms with Crippen LogP contribution in [-0.2, 0) is 11.3 Å². The number of rotatable bonds is 6. The molecule has 1 unspecified atom stereocenters. The molecule has 0 aliphatic carbocycles. The summed E-state index contributed by atoms with van der Waals surface area (Å²) in [6.07, 6.45) is 0.520. The number of amides is 1. The molecule has 1 aromatic rings. The summed E-state index contributed by atoms with van der Waals surface area (Å²) in [5.74, 6) is 0. The van der Waals surface area contributed by atoms with E-state index >= 15 is 0 Å². The molecule has 0 aliphatic heterocycles. The summed E-state index contributed by atoms with van der Waals surface area (Å²) >= 11 is 9.39. The molecule has 1 amide bonds. The molecule has 6 heteroatoms. The minimum absolute atomic E-state index is 0.182. The summed E-state index contributed by atoms with van der Waals surface area (Å²) < 4.78 is 6.11. The van der Waals surface area contributed by atoms with E-state index in [-0.39, 0.29) is 12.1 Å². The van der Waals surface area contributed by atoms with Gasteiger partial charge in [0.1, 0.15) is 5.60 Å². The molecule has 1 rings (SSSR count). The van der Waals surface area contributed by atoms with Gasteiger partial charge in [0, 0.05) is 23.6 Å². The fraction of sp³-hybridized carbons (Fsp3) is 0.562. The van der Waals surface area contributed by atoms with Crippen molar-refractivity contribution in [2.75, 3.05) is 6.54 Å². The van der Waals surface area contributed by atoms with Gasteiger partial charge in [-0.3, -0.25) is 0 Å². The average Bonchev–Trinajstić information content (AvgIpc) is 2.41. The normalized spacial score (nSPS) is 12.8. The summed E-state index contributed by atoms with van der Waals surface area (Å²) in [6, 6.07) is 6.02. The number of ether oxygens (including phenoxy) is 1. The van der Waals surface area contributed by atoms with E-state index in [9.17, 15) is 4.79 Å². The highest BCUT2D eigenvalue weighted by Gasteiger charge is 2.16. The van der Waals surface area contributed by atoms with Crippen molar-refractivity contribution < 1.29 is 9.53 Å². The van der Waals surface area contributed by atoms with E-state index in [1.807, 2.05) is 39.0 Å². The smallest absolute Gasteiger partial charge is 0.407 e. The van der Waals surface area contributed by atoms with Crippen molar-refractivity contribution in [1.82, 2.24) is 10.6 Å². The number of hydrogen-bond acceptors (Lipinski definition) is 3. The zero-order valence-corrected chi connectivity index (χ0v) is 15.8. The van der Waals surface area contributed by atoms with Crippen LogP contribution in [0.4, 0.5) is 4.79 Å². The third kappa shape index (κ3) is 7.47. The van der Waals surface area contributed by atoms with Gasteiger partial charge in [0.25, 0.3) is 0 Å². The average molecular weight is 392 g/mol. The van der Waals surface area contributed by atoms with Gasteiger partial charge >= 0.3 is 6.09 Å². The van der Waals surface area contributed by atoms with Gasteiger partial charge in [0.2, 0.25) is 0 Å². The maximum Gasteiger partial charge on any atom is 0.407 e. The van der Waals surface area contributed by atoms with E-state index in [2.05, 4.69) is 33.5 Å². The zero-order valence-electron chi connectivity index (χ0n) is 13.5. The molecular weight excluding hydrogens is 368 g/mol. The number of carbonyl (C=O) groups is 1. The molecule has 2 N–H and O–H groups in total. The lowest BCUT2D eigenvalue weighted by molar-refractivity contribution is 0.0522. The van der Waals surface area contributed by atoms with Crippen molar-refractivity contribution in [3.05, 3.63) is 33.3 Å². The Morgan fingerprint density at radius 1 is 1.41 bits per heavy atom. The molecule has 0 bridgehead atoms. The molecule has 0 saturated heterocycles. The Morgan fingerprint density at radius 2 is 2.09 bits per heavy atom. The second-order valence-electron chi connectivity index (χ2n) is 6.12. The molecule has 0 saturated carbocycles. The Labute approximate surface area is 146 Å². The Bertz CT molecular complexity index is 503. The minimum Gasteiger partial charge on any atom is -0.444 e. The van der Waals surface area contributed by atoms with Crippen LogP contribution in [0, 0.1) is 0 Å². The molecular formula is C16H24BrClN2O2. The lowest BCUT2D eigenvalue weighted by atomic mass is 10.2. The fourth-order valence-electron chi connectivity index (χ4n) is 1.79. The summed E-state index contributed by atoms with van der Waals surface area (Å²) in [7, 11) is 0. The Balaban J connectivity index is 2.42. The van der Waals surface area contributed by atoms with E-state index in [0.717, 1.165) is 16.5 Å². The van der Waals surface area contributed by atoms with E-state index in [4.69, 9.17) is 16.3 Å². The summed E-state index contributed by atoms with van der Waals surface area (Å²) in [6.45, 7) is 8.86. The number of alkyl carbamates (subject to hydrolysis) is 1. The highest BCUT2D eigenvalue weighted by molar-refractivity contribution is 9.10. The van der Waals surface area contributed by atoms with Gasteiger partial charge in [0.05, 0.1) is 5.02 Å². The molecule has 0 radical (unpaired) electrons. The number of halogens is 2. The van der Waals surface area contributed by atoms with Gasteiger partial charge in [-0.25, -0.2) is 4.79 Å². The van der Waals surface area contributed by atoms with Crippen LogP contribution in [0.15, 0.2) is 22.7 Å². The van der Waals surface area contributed by atoms with E-state index < -0.39 is 5.60 Å². The lowest BCUT2D eigenvalue weighted by Crippen LogP contribution is -2.42. The van der Waals surface area contributed by atoms with Gasteiger partial charge < -0.3 is 15.4 Å². The van der Waals surface area contributed by atoms with Crippen LogP contribution < -0.4 is 10.6 Å². The molecule has 1 atom stereocenters. The predicted molar refractivity (Wildman–Crippen MR) is 94.3 cm³/mol. The van der Waals surface area contributed by atoms with Crippen molar-refractivity contribution in [1.29, 1.82) is 0 Å². The van der Waals surface area contributed by atoms with Crippen molar-refractivity contribution in [3.63, 3.8) is 0 Å². The quantitative estimate of drug-likeness (QED) is 0.751. The zero-order chi connectivity index (χ0) is 16.8. The first-order valence-corrected chi connectivity index (χ1v) is 8.52. The molecule has 124 valence electrons. The second-order valence-corrected chi connectivity index (χ2v) is 7.38. The van der Waals surface area contributed by atoms with Gasteiger partial charge in [0.15, 0.2) is 0 Å². The molecule has 4 nitrogen and oxygen atoms in total. The Morgan fingerprint density at radius 3 is 2.64 bits per heavy atom. The van der Waals surface area contributed by atoms with Gasteiger partial charge in [-0.1, -0.05) is 24.6 Å². The molecule has 1 aromatic carbocycles. The van der Waals surface area contributed by atoms with Crippen LogP contribution in [0.5, 0.6) is 0 Å². The largest absolute Gasteiger partial charge is 0.444 e. The SMILES string of the molecule is CCC(CNC(=O)OC(C)(C)C)NCc1ccc(Cl)c(Br)c1. The minimum atomic E-state index is -0.477. The monoisotopic (exact) mass is 390 g/mol. The van der Waals surface area contributed by atoms with Crippen molar-refractivity contribution in [2.45, 2.75) is 52.3 Å². The summed E-state index contributed by atoms with van der Waals surface area (Å²) in [5, 5.41) is 6.91. The first-order valence-electron chi connectivity index (χ1n) is 7.35. The van der Waals surface area contributed by atoms with E-state index in [1.54, 1.807) is 0 Å². The van der Waals surface area contributed by atoms with Crippen LogP contribution in [0.25, 0.3) is 0 Å². The maximum atomic E-state index is 11.7. The highest BCUT2D eigenvalue weighted by Crippen LogP contribution is 2.23. The van der Waals surface area contributed by atoms with Gasteiger partial charge in [-0.05, 0) is 60.8 Å². The van der Waals surface area contributed by atoms with Crippen LogP contribution in [0.1, 0.15) is 39.7 Å². The number of carbonyl (C=O) groups excluding carboxylic acids is 1. The lowest BCUT2D eigenvalue weighted by Gasteiger charge is -2.22. The first-order chi connectivity index (χ1) is 10.2. The third-order valence-electron chi connectivity index (χ3n) is 2.96. The van der Waals surface area contributed by atoms with Gasteiger partial charge in [-0.2, -0.15) is 0 Å². The number of nitrogens with one attached hydrogen (secondary N) is 2. The molecule has 0 aromatic heterocycles. The number of benzene rings is 1. The first kappa shape index (κ1) is 19.3. The Hall–Kier alpha value is -0.780. The summed E-state index contributed by atoms with van der Waals surface area (Å²) in [4.78, 5) is 11.7. The van der Waals surface area contributed by atoms with Crippen molar-refractivity contribution >= 4 is 33.6 Å². The van der Waals surface area contributed by atoms with Crippen LogP contribution >= 0.6 is 27.5 Å². The molecule has 0 heterocycles. The highest BCUT2D eigenvalue weighted by atomic mass is 79.9. The third-order valence-corrected chi connectivity index (χ3v) is 4.18. The predicted octanol–water partition coefficient (Wildman–Crippen LogP) is 4.50. The van der Waals surface area contributed by atoms with Gasteiger partial charge in [-0.15, -0.1) is 0 Å². The van der Waals surface area contributed by atoms with Crippen LogP contribution in [0.3, 0.4) is 0 Å². The van der Waals surface area contributed by atoms with Crippen molar-refractivity contribution in [3.8, 4) is 0 Å². The second kappa shape index (κ2) is 8.75. The molecule has 0 aliphatic rings. The van der Waals surface area contributed by atoms with Crippen LogP contribution in [-0.4, -0.2) is 24.3 Å². The summed E-state index contributed by atoms with van der Waals surface area (Å²) in [5.41, 5.74) is 0.654. The van der Waals surface area contributed by atoms with E-state index in [0.29, 0.717) is 18.1 Å². The molecule has 0 spiro atoms. The molecule has 0 fully saturated rings. The molecule has 22 heavy (non-hydrogen) atoms. The Kier molecular flexibility index (Phi) is 7.66. The fourth-order valence-corrected chi connectivity index (χ4v) is 2.34.